The Hall–Kier alpha value is -1.80. The summed E-state index contributed by atoms with van der Waals surface area (Å²) < 4.78 is 0. The lowest BCUT2D eigenvalue weighted by atomic mass is 9.97. The molecule has 0 aliphatic heterocycles. The van der Waals surface area contributed by atoms with Crippen LogP contribution < -0.4 is 5.73 Å². The first kappa shape index (κ1) is 11.3. The Morgan fingerprint density at radius 2 is 1.61 bits per heavy atom. The van der Waals surface area contributed by atoms with Crippen LogP contribution in [0.25, 0.3) is 21.9 Å². The van der Waals surface area contributed by atoms with Crippen molar-refractivity contribution in [2.45, 2.75) is 13.8 Å². The van der Waals surface area contributed by atoms with Crippen molar-refractivity contribution in [2.24, 2.45) is 0 Å². The molecule has 0 aliphatic carbocycles. The fraction of sp³-hybridized carbons (Fsp3) is 0.125. The van der Waals surface area contributed by atoms with E-state index >= 15 is 0 Å². The zero-order valence-electron chi connectivity index (χ0n) is 10.5. The average molecular weight is 253 g/mol. The van der Waals surface area contributed by atoms with Crippen molar-refractivity contribution in [3.63, 3.8) is 0 Å². The molecule has 0 amide bonds. The first-order valence-corrected chi connectivity index (χ1v) is 6.83. The number of fused-ring (bicyclic) bond motifs is 1. The van der Waals surface area contributed by atoms with E-state index in [0.29, 0.717) is 0 Å². The summed E-state index contributed by atoms with van der Waals surface area (Å²) in [6.45, 7) is 4.23. The Bertz CT molecular complexity index is 720. The van der Waals surface area contributed by atoms with E-state index < -0.39 is 0 Å². The Labute approximate surface area is 111 Å². The summed E-state index contributed by atoms with van der Waals surface area (Å²) in [5.41, 5.74) is 9.61. The first-order valence-electron chi connectivity index (χ1n) is 6.02. The van der Waals surface area contributed by atoms with Gasteiger partial charge in [0.25, 0.3) is 0 Å². The lowest BCUT2D eigenvalue weighted by molar-refractivity contribution is 1.58. The van der Waals surface area contributed by atoms with Crippen LogP contribution in [-0.2, 0) is 0 Å². The van der Waals surface area contributed by atoms with Gasteiger partial charge in [0.05, 0.1) is 5.69 Å². The third kappa shape index (κ3) is 1.61. The maximum atomic E-state index is 6.24. The first-order chi connectivity index (χ1) is 8.68. The maximum Gasteiger partial charge on any atom is 0.0535 e. The maximum absolute atomic E-state index is 6.24. The van der Waals surface area contributed by atoms with E-state index in [9.17, 15) is 0 Å². The van der Waals surface area contributed by atoms with Crippen molar-refractivity contribution in [2.75, 3.05) is 5.73 Å². The van der Waals surface area contributed by atoms with E-state index in [0.717, 1.165) is 5.69 Å². The summed E-state index contributed by atoms with van der Waals surface area (Å²) in [4.78, 5) is 2.50. The van der Waals surface area contributed by atoms with Gasteiger partial charge in [-0.15, -0.1) is 11.3 Å². The van der Waals surface area contributed by atoms with Crippen LogP contribution in [0.2, 0.25) is 0 Å². The molecule has 0 radical (unpaired) electrons. The number of anilines is 1. The van der Waals surface area contributed by atoms with Gasteiger partial charge in [0.2, 0.25) is 0 Å². The molecule has 0 aliphatic rings. The van der Waals surface area contributed by atoms with Gasteiger partial charge in [-0.2, -0.15) is 0 Å². The fourth-order valence-corrected chi connectivity index (χ4v) is 3.47. The van der Waals surface area contributed by atoms with Crippen molar-refractivity contribution in [3.8, 4) is 11.1 Å². The van der Waals surface area contributed by atoms with Crippen molar-refractivity contribution in [1.82, 2.24) is 0 Å². The molecular weight excluding hydrogens is 238 g/mol. The van der Waals surface area contributed by atoms with Crippen LogP contribution in [0.1, 0.15) is 9.75 Å². The SMILES string of the molecule is Cc1sc(C)c(-c2cccc3ccccc23)c1N. The minimum atomic E-state index is 0.925. The number of hydrogen-bond acceptors (Lipinski definition) is 2. The van der Waals surface area contributed by atoms with Crippen molar-refractivity contribution < 1.29 is 0 Å². The predicted octanol–water partition coefficient (Wildman–Crippen LogP) is 4.77. The van der Waals surface area contributed by atoms with Crippen molar-refractivity contribution in [3.05, 3.63) is 52.2 Å². The minimum Gasteiger partial charge on any atom is -0.397 e. The molecule has 0 unspecified atom stereocenters. The molecule has 0 fully saturated rings. The van der Waals surface area contributed by atoms with Gasteiger partial charge in [0, 0.05) is 15.3 Å². The Balaban J connectivity index is 2.38. The van der Waals surface area contributed by atoms with E-state index in [1.54, 1.807) is 11.3 Å². The molecule has 0 saturated heterocycles. The summed E-state index contributed by atoms with van der Waals surface area (Å²) in [6, 6.07) is 14.9. The van der Waals surface area contributed by atoms with Gasteiger partial charge in [0.1, 0.15) is 0 Å². The molecule has 0 atom stereocenters. The summed E-state index contributed by atoms with van der Waals surface area (Å²) >= 11 is 1.77. The van der Waals surface area contributed by atoms with E-state index in [-0.39, 0.29) is 0 Å². The van der Waals surface area contributed by atoms with Crippen LogP contribution >= 0.6 is 11.3 Å². The van der Waals surface area contributed by atoms with Crippen LogP contribution in [0, 0.1) is 13.8 Å². The summed E-state index contributed by atoms with van der Waals surface area (Å²) in [6.07, 6.45) is 0. The third-order valence-corrected chi connectivity index (χ3v) is 4.40. The van der Waals surface area contributed by atoms with Gasteiger partial charge < -0.3 is 5.73 Å². The highest BCUT2D eigenvalue weighted by atomic mass is 32.1. The zero-order valence-corrected chi connectivity index (χ0v) is 11.3. The van der Waals surface area contributed by atoms with Gasteiger partial charge in [0.15, 0.2) is 0 Å². The largest absolute Gasteiger partial charge is 0.397 e. The summed E-state index contributed by atoms with van der Waals surface area (Å²) in [7, 11) is 0. The Morgan fingerprint density at radius 3 is 2.33 bits per heavy atom. The molecule has 2 N–H and O–H groups in total. The van der Waals surface area contributed by atoms with E-state index in [1.807, 2.05) is 0 Å². The highest BCUT2D eigenvalue weighted by Crippen LogP contribution is 2.40. The number of nitrogen functional groups attached to an aromatic ring is 1. The highest BCUT2D eigenvalue weighted by Gasteiger charge is 2.14. The van der Waals surface area contributed by atoms with Gasteiger partial charge in [-0.1, -0.05) is 42.5 Å². The van der Waals surface area contributed by atoms with Crippen molar-refractivity contribution in [1.29, 1.82) is 0 Å². The topological polar surface area (TPSA) is 26.0 Å². The molecule has 1 aromatic heterocycles. The Morgan fingerprint density at radius 1 is 0.889 bits per heavy atom. The smallest absolute Gasteiger partial charge is 0.0535 e. The van der Waals surface area contributed by atoms with Crippen LogP contribution in [-0.4, -0.2) is 0 Å². The molecule has 2 aromatic carbocycles. The molecule has 0 spiro atoms. The lowest BCUT2D eigenvalue weighted by Crippen LogP contribution is -1.89. The van der Waals surface area contributed by atoms with Crippen LogP contribution in [0.15, 0.2) is 42.5 Å². The molecule has 3 aromatic rings. The number of thiophene rings is 1. The second-order valence-corrected chi connectivity index (χ2v) is 5.96. The molecular formula is C16H15NS. The van der Waals surface area contributed by atoms with Crippen LogP contribution in [0.3, 0.4) is 0 Å². The van der Waals surface area contributed by atoms with E-state index in [2.05, 4.69) is 56.3 Å². The summed E-state index contributed by atoms with van der Waals surface area (Å²) in [5, 5.41) is 2.53. The zero-order chi connectivity index (χ0) is 12.7. The number of nitrogens with two attached hydrogens (primary N) is 1. The highest BCUT2D eigenvalue weighted by molar-refractivity contribution is 7.13. The predicted molar refractivity (Wildman–Crippen MR) is 81.1 cm³/mol. The molecule has 0 bridgehead atoms. The Kier molecular flexibility index (Phi) is 2.60. The molecule has 1 nitrogen and oxygen atoms in total. The summed E-state index contributed by atoms with van der Waals surface area (Å²) in [5.74, 6) is 0. The lowest BCUT2D eigenvalue weighted by Gasteiger charge is -2.07. The second-order valence-electron chi connectivity index (χ2n) is 4.53. The molecule has 90 valence electrons. The number of rotatable bonds is 1. The quantitative estimate of drug-likeness (QED) is 0.664. The van der Waals surface area contributed by atoms with Crippen LogP contribution in [0.5, 0.6) is 0 Å². The van der Waals surface area contributed by atoms with Crippen LogP contribution in [0.4, 0.5) is 5.69 Å². The van der Waals surface area contributed by atoms with E-state index in [1.165, 1.54) is 31.7 Å². The molecule has 0 saturated carbocycles. The third-order valence-electron chi connectivity index (χ3n) is 3.37. The van der Waals surface area contributed by atoms with Gasteiger partial charge in [-0.3, -0.25) is 0 Å². The van der Waals surface area contributed by atoms with Gasteiger partial charge in [-0.05, 0) is 30.2 Å². The minimum absolute atomic E-state index is 0.925. The second kappa shape index (κ2) is 4.14. The number of hydrogen-bond donors (Lipinski definition) is 1. The fourth-order valence-electron chi connectivity index (χ4n) is 2.48. The van der Waals surface area contributed by atoms with Crippen molar-refractivity contribution >= 4 is 27.8 Å². The number of benzene rings is 2. The number of aryl methyl sites for hydroxylation is 2. The molecule has 18 heavy (non-hydrogen) atoms. The standard InChI is InChI=1S/C16H15NS/c1-10-15(16(17)11(2)18-10)14-9-5-7-12-6-3-4-8-13(12)14/h3-9H,17H2,1-2H3. The monoisotopic (exact) mass is 253 g/mol. The molecule has 1 heterocycles. The van der Waals surface area contributed by atoms with E-state index in [4.69, 9.17) is 5.73 Å². The normalized spacial score (nSPS) is 11.0. The van der Waals surface area contributed by atoms with Gasteiger partial charge >= 0.3 is 0 Å². The molecule has 2 heteroatoms. The van der Waals surface area contributed by atoms with Gasteiger partial charge in [-0.25, -0.2) is 0 Å². The molecule has 3 rings (SSSR count). The average Bonchev–Trinajstić information content (AvgIpc) is 2.63.